The molecule has 0 fully saturated rings. The second-order valence-corrected chi connectivity index (χ2v) is 5.63. The third-order valence-electron chi connectivity index (χ3n) is 1.34. The van der Waals surface area contributed by atoms with Crippen molar-refractivity contribution in [2.75, 3.05) is 12.4 Å². The van der Waals surface area contributed by atoms with E-state index < -0.39 is 6.70 Å². The Hall–Kier alpha value is -0.330. The molecule has 1 nitrogen and oxygen atoms in total. The number of nitrogen functional groups attached to an aromatic ring is 1. The van der Waals surface area contributed by atoms with E-state index in [0.717, 1.165) is 11.0 Å². The van der Waals surface area contributed by atoms with Crippen LogP contribution in [0.1, 0.15) is 0 Å². The summed E-state index contributed by atoms with van der Waals surface area (Å²) < 4.78 is 0. The highest BCUT2D eigenvalue weighted by atomic mass is 32.4. The van der Waals surface area contributed by atoms with E-state index >= 15 is 0 Å². The molecule has 1 aromatic rings. The Morgan fingerprint density at radius 2 is 2.00 bits per heavy atom. The molecule has 1 aromatic carbocycles. The van der Waals surface area contributed by atoms with Crippen LogP contribution in [0, 0.1) is 0 Å². The van der Waals surface area contributed by atoms with Crippen LogP contribution in [0.2, 0.25) is 0 Å². The number of para-hydroxylation sites is 1. The molecule has 1 rings (SSSR count). The highest BCUT2D eigenvalue weighted by Crippen LogP contribution is 2.17. The zero-order valence-electron chi connectivity index (χ0n) is 5.79. The van der Waals surface area contributed by atoms with Gasteiger partial charge in [0.15, 0.2) is 0 Å². The molecule has 0 saturated heterocycles. The Kier molecular flexibility index (Phi) is 2.47. The standard InChI is InChI=1S/C7H10NPS/c1-9(10)7-5-3-2-4-6(7)8/h2-5,9H,8H2,1H3. The second kappa shape index (κ2) is 3.18. The van der Waals surface area contributed by atoms with Crippen molar-refractivity contribution in [3.05, 3.63) is 24.3 Å². The summed E-state index contributed by atoms with van der Waals surface area (Å²) in [5.74, 6) is 0. The van der Waals surface area contributed by atoms with E-state index in [-0.39, 0.29) is 0 Å². The Balaban J connectivity index is 3.15. The highest BCUT2D eigenvalue weighted by molar-refractivity contribution is 8.08. The first kappa shape index (κ1) is 7.77. The molecule has 2 N–H and O–H groups in total. The van der Waals surface area contributed by atoms with Crippen molar-refractivity contribution in [1.29, 1.82) is 0 Å². The van der Waals surface area contributed by atoms with E-state index in [4.69, 9.17) is 17.5 Å². The summed E-state index contributed by atoms with van der Waals surface area (Å²) in [4.78, 5) is 0. The second-order valence-electron chi connectivity index (χ2n) is 2.14. The number of benzene rings is 1. The van der Waals surface area contributed by atoms with E-state index in [1.807, 2.05) is 24.3 Å². The number of anilines is 1. The molecular weight excluding hydrogens is 161 g/mol. The van der Waals surface area contributed by atoms with Crippen LogP contribution in [0.15, 0.2) is 24.3 Å². The van der Waals surface area contributed by atoms with Crippen molar-refractivity contribution in [2.24, 2.45) is 0 Å². The van der Waals surface area contributed by atoms with Crippen LogP contribution < -0.4 is 11.0 Å². The molecule has 0 radical (unpaired) electrons. The van der Waals surface area contributed by atoms with Crippen molar-refractivity contribution in [2.45, 2.75) is 0 Å². The summed E-state index contributed by atoms with van der Waals surface area (Å²) in [6.45, 7) is 1.28. The van der Waals surface area contributed by atoms with Crippen LogP contribution in [0.3, 0.4) is 0 Å². The summed E-state index contributed by atoms with van der Waals surface area (Å²) in [7, 11) is 0. The quantitative estimate of drug-likeness (QED) is 0.507. The lowest BCUT2D eigenvalue weighted by molar-refractivity contribution is 1.74. The Morgan fingerprint density at radius 1 is 1.40 bits per heavy atom. The fourth-order valence-electron chi connectivity index (χ4n) is 0.818. The Bertz CT molecular complexity index is 260. The SMILES string of the molecule is C[PH](=S)c1ccccc1N. The predicted molar refractivity (Wildman–Crippen MR) is 52.1 cm³/mol. The summed E-state index contributed by atoms with van der Waals surface area (Å²) in [6.07, 6.45) is 0. The summed E-state index contributed by atoms with van der Waals surface area (Å²) in [5.41, 5.74) is 6.52. The molecule has 0 bridgehead atoms. The van der Waals surface area contributed by atoms with Gasteiger partial charge in [0, 0.05) is 11.0 Å². The molecule has 0 heterocycles. The molecule has 0 spiro atoms. The molecule has 54 valence electrons. The molecule has 0 aromatic heterocycles. The van der Waals surface area contributed by atoms with Gasteiger partial charge in [0.2, 0.25) is 0 Å². The van der Waals surface area contributed by atoms with Gasteiger partial charge >= 0.3 is 0 Å². The first-order valence-corrected chi connectivity index (χ1v) is 6.20. The summed E-state index contributed by atoms with van der Waals surface area (Å²) in [5, 5.41) is 1.16. The molecule has 0 saturated carbocycles. The van der Waals surface area contributed by atoms with Crippen LogP contribution in [-0.2, 0) is 11.8 Å². The maximum Gasteiger partial charge on any atom is 0.0397 e. The van der Waals surface area contributed by atoms with Crippen LogP contribution in [-0.4, -0.2) is 6.66 Å². The molecule has 0 amide bonds. The third kappa shape index (κ3) is 1.59. The van der Waals surface area contributed by atoms with Gasteiger partial charge in [-0.25, -0.2) is 0 Å². The lowest BCUT2D eigenvalue weighted by atomic mass is 10.3. The van der Waals surface area contributed by atoms with Crippen molar-refractivity contribution >= 4 is 29.5 Å². The summed E-state index contributed by atoms with van der Waals surface area (Å²) >= 11 is 5.15. The van der Waals surface area contributed by atoms with Gasteiger partial charge in [-0.15, -0.1) is 0 Å². The van der Waals surface area contributed by atoms with Gasteiger partial charge in [-0.1, -0.05) is 30.0 Å². The van der Waals surface area contributed by atoms with E-state index in [0.29, 0.717) is 0 Å². The van der Waals surface area contributed by atoms with Crippen LogP contribution in [0.4, 0.5) is 5.69 Å². The smallest absolute Gasteiger partial charge is 0.0397 e. The number of hydrogen-bond donors (Lipinski definition) is 1. The molecule has 3 heteroatoms. The molecule has 0 aliphatic carbocycles. The van der Waals surface area contributed by atoms with E-state index in [1.54, 1.807) is 0 Å². The maximum absolute atomic E-state index is 5.68. The fourth-order valence-corrected chi connectivity index (χ4v) is 2.20. The third-order valence-corrected chi connectivity index (χ3v) is 3.21. The number of nitrogens with two attached hydrogens (primary N) is 1. The molecular formula is C7H10NPS. The summed E-state index contributed by atoms with van der Waals surface area (Å²) in [6, 6.07) is 7.82. The molecule has 1 unspecified atom stereocenters. The average molecular weight is 171 g/mol. The minimum Gasteiger partial charge on any atom is -0.398 e. The topological polar surface area (TPSA) is 26.0 Å². The van der Waals surface area contributed by atoms with Crippen LogP contribution >= 0.6 is 6.70 Å². The van der Waals surface area contributed by atoms with Crippen molar-refractivity contribution in [3.63, 3.8) is 0 Å². The lowest BCUT2D eigenvalue weighted by Crippen LogP contribution is -2.02. The van der Waals surface area contributed by atoms with Crippen molar-refractivity contribution in [3.8, 4) is 0 Å². The van der Waals surface area contributed by atoms with E-state index in [2.05, 4.69) is 6.66 Å². The molecule has 10 heavy (non-hydrogen) atoms. The zero-order chi connectivity index (χ0) is 7.56. The number of rotatable bonds is 1. The van der Waals surface area contributed by atoms with Gasteiger partial charge in [0.25, 0.3) is 0 Å². The zero-order valence-corrected chi connectivity index (χ0v) is 7.61. The highest BCUT2D eigenvalue weighted by Gasteiger charge is 1.95. The van der Waals surface area contributed by atoms with Gasteiger partial charge in [0.05, 0.1) is 0 Å². The van der Waals surface area contributed by atoms with Gasteiger partial charge in [-0.3, -0.25) is 0 Å². The molecule has 0 aliphatic heterocycles. The van der Waals surface area contributed by atoms with E-state index in [1.165, 1.54) is 0 Å². The maximum atomic E-state index is 5.68. The minimum absolute atomic E-state index is 0.784. The Morgan fingerprint density at radius 3 is 2.40 bits per heavy atom. The van der Waals surface area contributed by atoms with Crippen LogP contribution in [0.25, 0.3) is 0 Å². The minimum atomic E-state index is -0.784. The van der Waals surface area contributed by atoms with Gasteiger partial charge in [-0.05, 0) is 19.4 Å². The normalized spacial score (nSPS) is 12.9. The van der Waals surface area contributed by atoms with Crippen LogP contribution in [0.5, 0.6) is 0 Å². The lowest BCUT2D eigenvalue weighted by Gasteiger charge is -2.01. The van der Waals surface area contributed by atoms with E-state index in [9.17, 15) is 0 Å². The van der Waals surface area contributed by atoms with Gasteiger partial charge in [0.1, 0.15) is 0 Å². The first-order valence-electron chi connectivity index (χ1n) is 3.07. The monoisotopic (exact) mass is 171 g/mol. The largest absolute Gasteiger partial charge is 0.398 e. The predicted octanol–water partition coefficient (Wildman–Crippen LogP) is 1.20. The number of hydrogen-bond acceptors (Lipinski definition) is 2. The van der Waals surface area contributed by atoms with Crippen molar-refractivity contribution < 1.29 is 0 Å². The van der Waals surface area contributed by atoms with Gasteiger partial charge < -0.3 is 5.73 Å². The first-order chi connectivity index (χ1) is 4.72. The molecule has 1 atom stereocenters. The molecule has 0 aliphatic rings. The van der Waals surface area contributed by atoms with Gasteiger partial charge in [-0.2, -0.15) is 0 Å². The Labute approximate surface area is 66.7 Å². The average Bonchev–Trinajstić information content (AvgIpc) is 1.88. The fraction of sp³-hybridized carbons (Fsp3) is 0.143. The van der Waals surface area contributed by atoms with Crippen molar-refractivity contribution in [1.82, 2.24) is 0 Å².